The maximum atomic E-state index is 12.0. The molecule has 4 heteroatoms. The topological polar surface area (TPSA) is 52.6 Å². The monoisotopic (exact) mass is 248 g/mol. The normalized spacial score (nSPS) is 18.1. The highest BCUT2D eigenvalue weighted by atomic mass is 16.5. The summed E-state index contributed by atoms with van der Waals surface area (Å²) in [6.07, 6.45) is 1.27. The molecule has 4 nitrogen and oxygen atoms in total. The van der Waals surface area contributed by atoms with Gasteiger partial charge in [-0.15, -0.1) is 0 Å². The lowest BCUT2D eigenvalue weighted by Gasteiger charge is -2.25. The van der Waals surface area contributed by atoms with Crippen LogP contribution in [0.3, 0.4) is 0 Å². The smallest absolute Gasteiger partial charge is 0.306 e. The van der Waals surface area contributed by atoms with Crippen molar-refractivity contribution in [1.29, 1.82) is 0 Å². The van der Waals surface area contributed by atoms with Gasteiger partial charge in [-0.3, -0.25) is 9.59 Å². The third-order valence-electron chi connectivity index (χ3n) is 3.35. The van der Waals surface area contributed by atoms with Gasteiger partial charge in [0.15, 0.2) is 0 Å². The molecule has 1 aliphatic rings. The maximum absolute atomic E-state index is 12.0. The van der Waals surface area contributed by atoms with Gasteiger partial charge in [-0.05, 0) is 18.1 Å². The van der Waals surface area contributed by atoms with Crippen LogP contribution in [0, 0.1) is 0 Å². The van der Waals surface area contributed by atoms with E-state index in [-0.39, 0.29) is 18.2 Å². The van der Waals surface area contributed by atoms with Gasteiger partial charge in [-0.1, -0.05) is 12.1 Å². The van der Waals surface area contributed by atoms with Crippen LogP contribution in [-0.4, -0.2) is 26.0 Å². The summed E-state index contributed by atoms with van der Waals surface area (Å²) in [5, 5.41) is 0. The number of hydrogen-bond donors (Lipinski definition) is 0. The summed E-state index contributed by atoms with van der Waals surface area (Å²) >= 11 is 0. The third-order valence-corrected chi connectivity index (χ3v) is 3.35. The Kier molecular flexibility index (Phi) is 3.65. The van der Waals surface area contributed by atoms with E-state index in [0.717, 1.165) is 11.1 Å². The van der Waals surface area contributed by atoms with Gasteiger partial charge in [0.25, 0.3) is 0 Å². The first-order valence-electron chi connectivity index (χ1n) is 5.92. The van der Waals surface area contributed by atoms with Crippen molar-refractivity contribution in [2.75, 3.05) is 14.2 Å². The number of carbonyl (C=O) groups is 2. The molecule has 0 aliphatic heterocycles. The Hall–Kier alpha value is -1.84. The number of fused-ring (bicyclic) bond motifs is 1. The average Bonchev–Trinajstić information content (AvgIpc) is 2.40. The van der Waals surface area contributed by atoms with Crippen LogP contribution in [0.4, 0.5) is 0 Å². The molecule has 1 atom stereocenters. The Balaban J connectivity index is 2.42. The van der Waals surface area contributed by atoms with Crippen LogP contribution in [0.25, 0.3) is 0 Å². The van der Waals surface area contributed by atoms with E-state index in [1.54, 1.807) is 7.11 Å². The van der Waals surface area contributed by atoms with E-state index in [1.807, 2.05) is 18.2 Å². The van der Waals surface area contributed by atoms with Crippen molar-refractivity contribution in [3.05, 3.63) is 29.3 Å². The Labute approximate surface area is 106 Å². The second kappa shape index (κ2) is 5.21. The number of Topliss-reactive ketones (excluding diaryl/α,β-unsaturated/α-hetero) is 1. The minimum absolute atomic E-state index is 0.0809. The van der Waals surface area contributed by atoms with Crippen LogP contribution in [0.15, 0.2) is 18.2 Å². The fourth-order valence-electron chi connectivity index (χ4n) is 2.44. The van der Waals surface area contributed by atoms with Crippen LogP contribution in [0.5, 0.6) is 5.75 Å². The second-order valence-corrected chi connectivity index (χ2v) is 4.33. The highest BCUT2D eigenvalue weighted by molar-refractivity contribution is 5.92. The molecule has 1 aromatic carbocycles. The summed E-state index contributed by atoms with van der Waals surface area (Å²) < 4.78 is 9.96. The Morgan fingerprint density at radius 1 is 1.33 bits per heavy atom. The standard InChI is InChI=1S/C14H16O4/c1-17-12-5-3-4-9-6-7-11(15)10(14(9)12)8-13(16)18-2/h3-5,10H,6-8H2,1-2H3/t10-/m0/s1. The summed E-state index contributed by atoms with van der Waals surface area (Å²) in [7, 11) is 2.91. The molecule has 1 aromatic rings. The van der Waals surface area contributed by atoms with Gasteiger partial charge in [0.1, 0.15) is 11.5 Å². The zero-order valence-corrected chi connectivity index (χ0v) is 10.6. The Bertz CT molecular complexity index is 464. The highest BCUT2D eigenvalue weighted by Gasteiger charge is 2.32. The molecule has 0 aromatic heterocycles. The van der Waals surface area contributed by atoms with Gasteiger partial charge in [0, 0.05) is 12.0 Å². The molecule has 0 fully saturated rings. The molecule has 0 radical (unpaired) electrons. The third kappa shape index (κ3) is 2.23. The molecule has 96 valence electrons. The van der Waals surface area contributed by atoms with Gasteiger partial charge >= 0.3 is 5.97 Å². The van der Waals surface area contributed by atoms with Crippen molar-refractivity contribution in [1.82, 2.24) is 0 Å². The Morgan fingerprint density at radius 2 is 2.11 bits per heavy atom. The molecular weight excluding hydrogens is 232 g/mol. The van der Waals surface area contributed by atoms with Crippen molar-refractivity contribution >= 4 is 11.8 Å². The lowest BCUT2D eigenvalue weighted by Crippen LogP contribution is -2.24. The van der Waals surface area contributed by atoms with Crippen LogP contribution in [0.1, 0.15) is 29.9 Å². The number of aryl methyl sites for hydroxylation is 1. The van der Waals surface area contributed by atoms with Crippen molar-refractivity contribution < 1.29 is 19.1 Å². The summed E-state index contributed by atoms with van der Waals surface area (Å²) in [6.45, 7) is 0. The van der Waals surface area contributed by atoms with Gasteiger partial charge in [-0.2, -0.15) is 0 Å². The first-order chi connectivity index (χ1) is 8.67. The predicted octanol–water partition coefficient (Wildman–Crippen LogP) is 1.86. The molecular formula is C14H16O4. The quantitative estimate of drug-likeness (QED) is 0.766. The second-order valence-electron chi connectivity index (χ2n) is 4.33. The minimum Gasteiger partial charge on any atom is -0.496 e. The number of esters is 1. The molecule has 0 saturated heterocycles. The summed E-state index contributed by atoms with van der Waals surface area (Å²) in [5.41, 5.74) is 1.93. The number of rotatable bonds is 3. The molecule has 0 heterocycles. The van der Waals surface area contributed by atoms with Crippen LogP contribution >= 0.6 is 0 Å². The molecule has 18 heavy (non-hydrogen) atoms. The first-order valence-corrected chi connectivity index (χ1v) is 5.92. The van der Waals surface area contributed by atoms with E-state index >= 15 is 0 Å². The van der Waals surface area contributed by atoms with E-state index in [0.29, 0.717) is 18.6 Å². The van der Waals surface area contributed by atoms with Crippen molar-refractivity contribution in [2.45, 2.75) is 25.2 Å². The van der Waals surface area contributed by atoms with Crippen LogP contribution in [0.2, 0.25) is 0 Å². The lowest BCUT2D eigenvalue weighted by molar-refractivity contribution is -0.142. The van der Waals surface area contributed by atoms with Gasteiger partial charge in [0.05, 0.1) is 26.6 Å². The molecule has 0 saturated carbocycles. The molecule has 2 rings (SSSR count). The highest BCUT2D eigenvalue weighted by Crippen LogP contribution is 2.38. The lowest BCUT2D eigenvalue weighted by atomic mass is 9.79. The van der Waals surface area contributed by atoms with Crippen LogP contribution < -0.4 is 4.74 Å². The number of hydrogen-bond acceptors (Lipinski definition) is 4. The number of methoxy groups -OCH3 is 2. The zero-order valence-electron chi connectivity index (χ0n) is 10.6. The summed E-state index contributed by atoms with van der Waals surface area (Å²) in [4.78, 5) is 23.4. The predicted molar refractivity (Wildman–Crippen MR) is 65.7 cm³/mol. The van der Waals surface area contributed by atoms with Crippen molar-refractivity contribution in [2.24, 2.45) is 0 Å². The largest absolute Gasteiger partial charge is 0.496 e. The average molecular weight is 248 g/mol. The maximum Gasteiger partial charge on any atom is 0.306 e. The minimum atomic E-state index is -0.433. The summed E-state index contributed by atoms with van der Waals surface area (Å²) in [5.74, 6) is -0.0451. The number of ether oxygens (including phenoxy) is 2. The van der Waals surface area contributed by atoms with Crippen molar-refractivity contribution in [3.8, 4) is 5.75 Å². The fourth-order valence-corrected chi connectivity index (χ4v) is 2.44. The van der Waals surface area contributed by atoms with Gasteiger partial charge < -0.3 is 9.47 Å². The van der Waals surface area contributed by atoms with E-state index in [9.17, 15) is 9.59 Å². The number of ketones is 1. The van der Waals surface area contributed by atoms with E-state index in [2.05, 4.69) is 4.74 Å². The van der Waals surface area contributed by atoms with Crippen molar-refractivity contribution in [3.63, 3.8) is 0 Å². The molecule has 1 aliphatic carbocycles. The Morgan fingerprint density at radius 3 is 2.78 bits per heavy atom. The van der Waals surface area contributed by atoms with Gasteiger partial charge in [0.2, 0.25) is 0 Å². The number of carbonyl (C=O) groups excluding carboxylic acids is 2. The van der Waals surface area contributed by atoms with E-state index < -0.39 is 5.92 Å². The molecule has 0 amide bonds. The van der Waals surface area contributed by atoms with E-state index in [4.69, 9.17) is 4.74 Å². The fraction of sp³-hybridized carbons (Fsp3) is 0.429. The zero-order chi connectivity index (χ0) is 13.1. The summed E-state index contributed by atoms with van der Waals surface area (Å²) in [6, 6.07) is 5.71. The molecule has 0 bridgehead atoms. The number of benzene rings is 1. The molecule has 0 spiro atoms. The van der Waals surface area contributed by atoms with Crippen LogP contribution in [-0.2, 0) is 20.7 Å². The van der Waals surface area contributed by atoms with E-state index in [1.165, 1.54) is 7.11 Å². The molecule has 0 unspecified atom stereocenters. The SMILES string of the molecule is COC(=O)C[C@H]1C(=O)CCc2cccc(OC)c21. The van der Waals surface area contributed by atoms with Gasteiger partial charge in [-0.25, -0.2) is 0 Å². The molecule has 0 N–H and O–H groups in total. The first kappa shape index (κ1) is 12.6.